The van der Waals surface area contributed by atoms with E-state index in [1.165, 1.54) is 26.3 Å². The highest BCUT2D eigenvalue weighted by molar-refractivity contribution is 7.87. The monoisotopic (exact) mass is 463 g/mol. The number of hydroxylamine groups is 2. The first kappa shape index (κ1) is 28.0. The molecule has 1 amide bonds. The molecule has 0 heterocycles. The van der Waals surface area contributed by atoms with Crippen LogP contribution < -0.4 is 0 Å². The average Bonchev–Trinajstić information content (AvgIpc) is 2.54. The van der Waals surface area contributed by atoms with Crippen LogP contribution in [-0.2, 0) is 28.4 Å². The van der Waals surface area contributed by atoms with Crippen molar-refractivity contribution < 1.29 is 39.8 Å². The zero-order chi connectivity index (χ0) is 23.3. The SMILES string of the molecule is CON(C)C(=O)C[C@@H](O[Si](C)(C)C(C)(C)C)[C@H](C)/C=C/COS(=O)(=O)C(F)(F)F. The van der Waals surface area contributed by atoms with E-state index in [9.17, 15) is 26.4 Å². The van der Waals surface area contributed by atoms with Gasteiger partial charge in [0.1, 0.15) is 0 Å². The standard InChI is InChI=1S/C17H32F3NO6SSi/c1-13(10-9-11-26-28(23,24)17(18,19)20)14(12-15(22)21(5)25-6)27-29(7,8)16(2,3)4/h9-10,13-14H,11-12H2,1-8H3/b10-9+/t13-,14-/m1/s1. The highest BCUT2D eigenvalue weighted by atomic mass is 32.2. The van der Waals surface area contributed by atoms with Crippen LogP contribution in [0, 0.1) is 5.92 Å². The first-order valence-corrected chi connectivity index (χ1v) is 13.3. The van der Waals surface area contributed by atoms with Gasteiger partial charge in [-0.3, -0.25) is 13.8 Å². The number of carbonyl (C=O) groups is 1. The summed E-state index contributed by atoms with van der Waals surface area (Å²) in [7, 11) is -5.11. The molecule has 0 aromatic carbocycles. The lowest BCUT2D eigenvalue weighted by Crippen LogP contribution is -2.46. The molecule has 0 fully saturated rings. The van der Waals surface area contributed by atoms with E-state index in [0.29, 0.717) is 0 Å². The number of carbonyl (C=O) groups excluding carboxylic acids is 1. The van der Waals surface area contributed by atoms with E-state index in [2.05, 4.69) is 4.18 Å². The molecule has 0 N–H and O–H groups in total. The van der Waals surface area contributed by atoms with Gasteiger partial charge in [0.15, 0.2) is 8.32 Å². The summed E-state index contributed by atoms with van der Waals surface area (Å²) in [6, 6.07) is 0. The molecule has 0 radical (unpaired) electrons. The molecule has 0 aromatic heterocycles. The lowest BCUT2D eigenvalue weighted by atomic mass is 10.0. The first-order valence-electron chi connectivity index (χ1n) is 8.96. The molecule has 29 heavy (non-hydrogen) atoms. The minimum absolute atomic E-state index is 0.00986. The number of nitrogens with zero attached hydrogens (tertiary/aromatic N) is 1. The minimum atomic E-state index is -5.65. The van der Waals surface area contributed by atoms with Gasteiger partial charge < -0.3 is 4.43 Å². The molecule has 0 rings (SSSR count). The van der Waals surface area contributed by atoms with Crippen LogP contribution in [0.1, 0.15) is 34.1 Å². The minimum Gasteiger partial charge on any atom is -0.413 e. The van der Waals surface area contributed by atoms with Crippen LogP contribution in [-0.4, -0.2) is 60.1 Å². The predicted octanol–water partition coefficient (Wildman–Crippen LogP) is 3.85. The van der Waals surface area contributed by atoms with Crippen LogP contribution in [0.25, 0.3) is 0 Å². The normalized spacial score (nSPS) is 16.1. The average molecular weight is 464 g/mol. The summed E-state index contributed by atoms with van der Waals surface area (Å²) in [5, 5.41) is 0.937. The fourth-order valence-electron chi connectivity index (χ4n) is 1.88. The lowest BCUT2D eigenvalue weighted by Gasteiger charge is -2.40. The molecule has 0 bridgehead atoms. The molecule has 7 nitrogen and oxygen atoms in total. The van der Waals surface area contributed by atoms with Gasteiger partial charge in [0, 0.05) is 7.05 Å². The summed E-state index contributed by atoms with van der Waals surface area (Å²) in [5.41, 5.74) is -5.47. The third-order valence-corrected chi connectivity index (χ3v) is 10.4. The van der Waals surface area contributed by atoms with Crippen LogP contribution in [0.4, 0.5) is 13.2 Å². The molecule has 0 unspecified atom stereocenters. The Hall–Kier alpha value is -0.953. The fourth-order valence-corrected chi connectivity index (χ4v) is 3.68. The molecule has 2 atom stereocenters. The molecular weight excluding hydrogens is 431 g/mol. The Balaban J connectivity index is 5.33. The highest BCUT2D eigenvalue weighted by Crippen LogP contribution is 2.38. The second kappa shape index (κ2) is 10.4. The van der Waals surface area contributed by atoms with E-state index in [1.807, 2.05) is 33.9 Å². The summed E-state index contributed by atoms with van der Waals surface area (Å²) < 4.78 is 69.0. The molecule has 0 aliphatic rings. The van der Waals surface area contributed by atoms with Gasteiger partial charge >= 0.3 is 15.6 Å². The maximum absolute atomic E-state index is 12.3. The van der Waals surface area contributed by atoms with Crippen molar-refractivity contribution in [2.45, 2.75) is 63.9 Å². The van der Waals surface area contributed by atoms with Crippen molar-refractivity contribution >= 4 is 24.3 Å². The van der Waals surface area contributed by atoms with E-state index in [0.717, 1.165) is 5.06 Å². The molecule has 0 aliphatic carbocycles. The number of halogens is 3. The Morgan fingerprint density at radius 3 is 2.14 bits per heavy atom. The Morgan fingerprint density at radius 1 is 1.21 bits per heavy atom. The van der Waals surface area contributed by atoms with Crippen molar-refractivity contribution in [2.75, 3.05) is 20.8 Å². The number of rotatable bonds is 10. The fraction of sp³-hybridized carbons (Fsp3) is 0.824. The quantitative estimate of drug-likeness (QED) is 0.161. The molecule has 0 saturated heterocycles. The van der Waals surface area contributed by atoms with Crippen molar-refractivity contribution in [3.63, 3.8) is 0 Å². The van der Waals surface area contributed by atoms with Gasteiger partial charge in [-0.1, -0.05) is 39.8 Å². The molecular formula is C17H32F3NO6SSi. The highest BCUT2D eigenvalue weighted by Gasteiger charge is 2.47. The van der Waals surface area contributed by atoms with E-state index >= 15 is 0 Å². The van der Waals surface area contributed by atoms with E-state index in [-0.39, 0.29) is 17.4 Å². The largest absolute Gasteiger partial charge is 0.523 e. The second-order valence-electron chi connectivity index (χ2n) is 8.17. The van der Waals surface area contributed by atoms with E-state index in [4.69, 9.17) is 9.26 Å². The van der Waals surface area contributed by atoms with Crippen molar-refractivity contribution in [1.29, 1.82) is 0 Å². The van der Waals surface area contributed by atoms with Crippen molar-refractivity contribution in [3.8, 4) is 0 Å². The molecule has 0 spiro atoms. The molecule has 0 aliphatic heterocycles. The zero-order valence-electron chi connectivity index (χ0n) is 18.2. The number of alkyl halides is 3. The van der Waals surface area contributed by atoms with Crippen molar-refractivity contribution in [2.24, 2.45) is 5.92 Å². The number of amides is 1. The van der Waals surface area contributed by atoms with Gasteiger partial charge in [-0.15, -0.1) is 0 Å². The van der Waals surface area contributed by atoms with E-state index in [1.54, 1.807) is 6.92 Å². The Labute approximate surface area is 172 Å². The topological polar surface area (TPSA) is 82.1 Å². The van der Waals surface area contributed by atoms with Crippen molar-refractivity contribution in [1.82, 2.24) is 5.06 Å². The second-order valence-corrected chi connectivity index (χ2v) is 14.5. The number of hydrogen-bond donors (Lipinski definition) is 0. The third kappa shape index (κ3) is 8.75. The molecule has 172 valence electrons. The van der Waals surface area contributed by atoms with Crippen molar-refractivity contribution in [3.05, 3.63) is 12.2 Å². The van der Waals surface area contributed by atoms with Gasteiger partial charge in [0.05, 0.1) is 26.2 Å². The maximum atomic E-state index is 12.3. The van der Waals surface area contributed by atoms with Crippen LogP contribution in [0.15, 0.2) is 12.2 Å². The van der Waals surface area contributed by atoms with E-state index < -0.39 is 42.6 Å². The summed E-state index contributed by atoms with van der Waals surface area (Å²) >= 11 is 0. The summed E-state index contributed by atoms with van der Waals surface area (Å²) in [6.07, 6.45) is 2.06. The maximum Gasteiger partial charge on any atom is 0.523 e. The van der Waals surface area contributed by atoms with Crippen LogP contribution >= 0.6 is 0 Å². The zero-order valence-corrected chi connectivity index (χ0v) is 20.0. The molecule has 0 aromatic rings. The lowest BCUT2D eigenvalue weighted by molar-refractivity contribution is -0.170. The third-order valence-electron chi connectivity index (χ3n) is 4.88. The molecule has 12 heteroatoms. The van der Waals surface area contributed by atoms with Crippen LogP contribution in [0.3, 0.4) is 0 Å². The first-order chi connectivity index (χ1) is 12.9. The Morgan fingerprint density at radius 2 is 1.72 bits per heavy atom. The van der Waals surface area contributed by atoms with Crippen LogP contribution in [0.5, 0.6) is 0 Å². The summed E-state index contributed by atoms with van der Waals surface area (Å²) in [6.45, 7) is 11.1. The Bertz CT molecular complexity index is 674. The van der Waals surface area contributed by atoms with Gasteiger partial charge in [0.2, 0.25) is 5.91 Å². The van der Waals surface area contributed by atoms with Gasteiger partial charge in [-0.2, -0.15) is 21.6 Å². The number of hydrogen-bond acceptors (Lipinski definition) is 6. The Kier molecular flexibility index (Phi) is 10.0. The van der Waals surface area contributed by atoms with Crippen LogP contribution in [0.2, 0.25) is 18.1 Å². The van der Waals surface area contributed by atoms with Gasteiger partial charge in [0.25, 0.3) is 0 Å². The predicted molar refractivity (Wildman–Crippen MR) is 106 cm³/mol. The summed E-state index contributed by atoms with van der Waals surface area (Å²) in [4.78, 5) is 17.2. The van der Waals surface area contributed by atoms with Gasteiger partial charge in [-0.05, 0) is 24.1 Å². The molecule has 0 saturated carbocycles. The van der Waals surface area contributed by atoms with Gasteiger partial charge in [-0.25, -0.2) is 5.06 Å². The smallest absolute Gasteiger partial charge is 0.413 e. The summed E-state index contributed by atoms with van der Waals surface area (Å²) in [5.74, 6) is -0.720.